The molecule has 0 aliphatic rings. The van der Waals surface area contributed by atoms with Gasteiger partial charge in [0.1, 0.15) is 12.9 Å². The van der Waals surface area contributed by atoms with Crippen molar-refractivity contribution in [2.75, 3.05) is 6.54 Å². The lowest BCUT2D eigenvalue weighted by Crippen LogP contribution is -2.44. The first-order valence-electron chi connectivity index (χ1n) is 6.99. The summed E-state index contributed by atoms with van der Waals surface area (Å²) in [6, 6.07) is 0. The van der Waals surface area contributed by atoms with Crippen molar-refractivity contribution in [2.45, 2.75) is 51.7 Å². The zero-order chi connectivity index (χ0) is 15.2. The molecule has 0 saturated heterocycles. The maximum atomic E-state index is 11.8. The molecule has 0 aromatic carbocycles. The molecule has 7 heteroatoms. The van der Waals surface area contributed by atoms with E-state index in [9.17, 15) is 14.7 Å². The van der Waals surface area contributed by atoms with E-state index in [1.807, 2.05) is 13.8 Å². The van der Waals surface area contributed by atoms with E-state index in [1.54, 1.807) is 7.05 Å². The molecule has 1 aromatic heterocycles. The minimum Gasteiger partial charge on any atom is -0.388 e. The Balaban J connectivity index is 2.54. The van der Waals surface area contributed by atoms with Crippen molar-refractivity contribution in [1.29, 1.82) is 0 Å². The number of hydrogen-bond donors (Lipinski definition) is 2. The summed E-state index contributed by atoms with van der Waals surface area (Å²) in [4.78, 5) is 23.3. The molecular weight excluding hydrogens is 260 g/mol. The van der Waals surface area contributed by atoms with Crippen molar-refractivity contribution < 1.29 is 9.90 Å². The quantitative estimate of drug-likeness (QED) is 0.705. The largest absolute Gasteiger partial charge is 0.388 e. The number of nitrogens with zero attached hydrogens (tertiary/aromatic N) is 3. The van der Waals surface area contributed by atoms with Crippen LogP contribution in [0.25, 0.3) is 0 Å². The van der Waals surface area contributed by atoms with E-state index in [-0.39, 0.29) is 24.7 Å². The first kappa shape index (κ1) is 16.4. The minimum atomic E-state index is -0.867. The monoisotopic (exact) mass is 284 g/mol. The Morgan fingerprint density at radius 2 is 2.00 bits per heavy atom. The first-order chi connectivity index (χ1) is 9.41. The Hall–Kier alpha value is -1.63. The fraction of sp³-hybridized carbons (Fsp3) is 0.769. The number of carbonyl (C=O) groups is 1. The number of carbonyl (C=O) groups excluding carboxylic acids is 1. The van der Waals surface area contributed by atoms with Crippen LogP contribution in [0.5, 0.6) is 0 Å². The molecule has 114 valence electrons. The summed E-state index contributed by atoms with van der Waals surface area (Å²) in [7, 11) is 1.57. The van der Waals surface area contributed by atoms with Crippen LogP contribution in [0, 0.1) is 0 Å². The van der Waals surface area contributed by atoms with Crippen LogP contribution in [0.2, 0.25) is 0 Å². The van der Waals surface area contributed by atoms with Crippen LogP contribution in [0.4, 0.5) is 0 Å². The zero-order valence-corrected chi connectivity index (χ0v) is 12.4. The van der Waals surface area contributed by atoms with Crippen molar-refractivity contribution in [3.8, 4) is 0 Å². The second kappa shape index (κ2) is 7.23. The van der Waals surface area contributed by atoms with Gasteiger partial charge in [-0.15, -0.1) is 0 Å². The lowest BCUT2D eigenvalue weighted by molar-refractivity contribution is -0.123. The average Bonchev–Trinajstić information content (AvgIpc) is 2.69. The molecule has 0 unspecified atom stereocenters. The zero-order valence-electron chi connectivity index (χ0n) is 12.4. The van der Waals surface area contributed by atoms with Gasteiger partial charge in [0.15, 0.2) is 0 Å². The molecule has 0 bridgehead atoms. The standard InChI is InChI=1S/C13H24N4O3/c1-4-6-13(20,7-5-2)9-14-11(18)8-17-12(19)16(3)10-15-17/h10,20H,4-9H2,1-3H3,(H,14,18). The number of amides is 1. The van der Waals surface area contributed by atoms with E-state index in [0.29, 0.717) is 12.8 Å². The number of hydrogen-bond acceptors (Lipinski definition) is 4. The number of rotatable bonds is 8. The maximum absolute atomic E-state index is 11.8. The van der Waals surface area contributed by atoms with Crippen molar-refractivity contribution >= 4 is 5.91 Å². The highest BCUT2D eigenvalue weighted by Crippen LogP contribution is 2.18. The fourth-order valence-corrected chi connectivity index (χ4v) is 2.22. The van der Waals surface area contributed by atoms with Gasteiger partial charge in [-0.05, 0) is 12.8 Å². The van der Waals surface area contributed by atoms with Crippen LogP contribution < -0.4 is 11.0 Å². The second-order valence-electron chi connectivity index (χ2n) is 5.18. The van der Waals surface area contributed by atoms with Gasteiger partial charge in [0.05, 0.1) is 5.60 Å². The van der Waals surface area contributed by atoms with Gasteiger partial charge in [0.2, 0.25) is 5.91 Å². The van der Waals surface area contributed by atoms with Crippen molar-refractivity contribution in [3.63, 3.8) is 0 Å². The average molecular weight is 284 g/mol. The summed E-state index contributed by atoms with van der Waals surface area (Å²) in [5.41, 5.74) is -1.20. The molecule has 1 heterocycles. The van der Waals surface area contributed by atoms with E-state index in [0.717, 1.165) is 17.5 Å². The molecular formula is C13H24N4O3. The van der Waals surface area contributed by atoms with Gasteiger partial charge in [0, 0.05) is 13.6 Å². The molecule has 1 amide bonds. The van der Waals surface area contributed by atoms with Gasteiger partial charge >= 0.3 is 5.69 Å². The summed E-state index contributed by atoms with van der Waals surface area (Å²) in [6.07, 6.45) is 4.35. The van der Waals surface area contributed by atoms with Gasteiger partial charge in [-0.2, -0.15) is 5.10 Å². The topological polar surface area (TPSA) is 89.2 Å². The van der Waals surface area contributed by atoms with Gasteiger partial charge in [0.25, 0.3) is 0 Å². The smallest absolute Gasteiger partial charge is 0.345 e. The molecule has 1 rings (SSSR count). The molecule has 0 atom stereocenters. The highest BCUT2D eigenvalue weighted by Gasteiger charge is 2.25. The van der Waals surface area contributed by atoms with Crippen molar-refractivity contribution in [1.82, 2.24) is 19.7 Å². The van der Waals surface area contributed by atoms with Crippen LogP contribution in [0.15, 0.2) is 11.1 Å². The van der Waals surface area contributed by atoms with E-state index < -0.39 is 5.60 Å². The predicted molar refractivity (Wildman–Crippen MR) is 75.2 cm³/mol. The lowest BCUT2D eigenvalue weighted by atomic mass is 9.92. The molecule has 0 fully saturated rings. The molecule has 2 N–H and O–H groups in total. The van der Waals surface area contributed by atoms with Crippen LogP contribution in [0.1, 0.15) is 39.5 Å². The normalized spacial score (nSPS) is 11.6. The third-order valence-corrected chi connectivity index (χ3v) is 3.23. The van der Waals surface area contributed by atoms with E-state index in [2.05, 4.69) is 10.4 Å². The molecule has 7 nitrogen and oxygen atoms in total. The molecule has 0 saturated carbocycles. The Morgan fingerprint density at radius 1 is 1.40 bits per heavy atom. The van der Waals surface area contributed by atoms with Crippen molar-refractivity contribution in [2.24, 2.45) is 7.05 Å². The second-order valence-corrected chi connectivity index (χ2v) is 5.18. The highest BCUT2D eigenvalue weighted by atomic mass is 16.3. The molecule has 0 radical (unpaired) electrons. The van der Waals surface area contributed by atoms with Crippen LogP contribution in [-0.2, 0) is 18.4 Å². The summed E-state index contributed by atoms with van der Waals surface area (Å²) in [6.45, 7) is 4.06. The Labute approximate surface area is 118 Å². The van der Waals surface area contributed by atoms with Crippen LogP contribution >= 0.6 is 0 Å². The van der Waals surface area contributed by atoms with Gasteiger partial charge < -0.3 is 10.4 Å². The number of aryl methyl sites for hydroxylation is 1. The van der Waals surface area contributed by atoms with Gasteiger partial charge in [-0.1, -0.05) is 26.7 Å². The molecule has 1 aromatic rings. The van der Waals surface area contributed by atoms with E-state index >= 15 is 0 Å². The van der Waals surface area contributed by atoms with Crippen molar-refractivity contribution in [3.05, 3.63) is 16.8 Å². The predicted octanol–water partition coefficient (Wildman–Crippen LogP) is 0.0293. The fourth-order valence-electron chi connectivity index (χ4n) is 2.22. The third-order valence-electron chi connectivity index (χ3n) is 3.23. The minimum absolute atomic E-state index is 0.131. The molecule has 0 aliphatic heterocycles. The van der Waals surface area contributed by atoms with Gasteiger partial charge in [-0.3, -0.25) is 9.36 Å². The lowest BCUT2D eigenvalue weighted by Gasteiger charge is -2.27. The molecule has 0 aliphatic carbocycles. The third kappa shape index (κ3) is 4.48. The SMILES string of the molecule is CCCC(O)(CCC)CNC(=O)Cn1ncn(C)c1=O. The van der Waals surface area contributed by atoms with E-state index in [4.69, 9.17) is 0 Å². The summed E-state index contributed by atoms with van der Waals surface area (Å²) in [5.74, 6) is -0.323. The number of aromatic nitrogens is 3. The molecule has 20 heavy (non-hydrogen) atoms. The highest BCUT2D eigenvalue weighted by molar-refractivity contribution is 5.75. The van der Waals surface area contributed by atoms with Gasteiger partial charge in [-0.25, -0.2) is 9.48 Å². The Morgan fingerprint density at radius 3 is 2.45 bits per heavy atom. The first-order valence-corrected chi connectivity index (χ1v) is 6.99. The maximum Gasteiger partial charge on any atom is 0.345 e. The molecule has 0 spiro atoms. The summed E-state index contributed by atoms with van der Waals surface area (Å²) < 4.78 is 2.39. The van der Waals surface area contributed by atoms with Crippen LogP contribution in [-0.4, -0.2) is 37.5 Å². The Kier molecular flexibility index (Phi) is 5.94. The summed E-state index contributed by atoms with van der Waals surface area (Å²) in [5, 5.41) is 16.9. The number of aliphatic hydroxyl groups is 1. The number of nitrogens with one attached hydrogen (secondary N) is 1. The Bertz CT molecular complexity index is 486. The van der Waals surface area contributed by atoms with E-state index in [1.165, 1.54) is 10.9 Å². The van der Waals surface area contributed by atoms with Crippen LogP contribution in [0.3, 0.4) is 0 Å². The summed E-state index contributed by atoms with van der Waals surface area (Å²) >= 11 is 0.